The molecule has 8 heavy (non-hydrogen) atoms. The summed E-state index contributed by atoms with van der Waals surface area (Å²) < 4.78 is 1.52. The SMILES string of the molecule is O=C1C=CCCN1Br. The first-order valence-electron chi connectivity index (χ1n) is 2.44. The third kappa shape index (κ3) is 1.10. The summed E-state index contributed by atoms with van der Waals surface area (Å²) in [7, 11) is 0. The van der Waals surface area contributed by atoms with Crippen LogP contribution in [0, 0.1) is 0 Å². The van der Waals surface area contributed by atoms with E-state index in [1.165, 1.54) is 3.93 Å². The Bertz CT molecular complexity index is 132. The van der Waals surface area contributed by atoms with E-state index in [0.29, 0.717) is 0 Å². The third-order valence-corrected chi connectivity index (χ3v) is 1.70. The van der Waals surface area contributed by atoms with Gasteiger partial charge in [-0.3, -0.25) is 8.72 Å². The van der Waals surface area contributed by atoms with E-state index in [0.717, 1.165) is 13.0 Å². The molecule has 0 aliphatic carbocycles. The molecule has 0 fully saturated rings. The van der Waals surface area contributed by atoms with E-state index in [1.807, 2.05) is 6.08 Å². The molecular formula is C5H6BrNO. The van der Waals surface area contributed by atoms with Crippen LogP contribution in [0.4, 0.5) is 0 Å². The van der Waals surface area contributed by atoms with E-state index in [1.54, 1.807) is 6.08 Å². The maximum absolute atomic E-state index is 10.6. The number of carbonyl (C=O) groups excluding carboxylic acids is 1. The fraction of sp³-hybridized carbons (Fsp3) is 0.400. The van der Waals surface area contributed by atoms with Gasteiger partial charge in [-0.05, 0) is 6.42 Å². The minimum atomic E-state index is 0.0382. The van der Waals surface area contributed by atoms with Gasteiger partial charge in [0.15, 0.2) is 0 Å². The summed E-state index contributed by atoms with van der Waals surface area (Å²) >= 11 is 3.09. The minimum absolute atomic E-state index is 0.0382. The summed E-state index contributed by atoms with van der Waals surface area (Å²) in [4.78, 5) is 10.6. The van der Waals surface area contributed by atoms with Gasteiger partial charge >= 0.3 is 0 Å². The lowest BCUT2D eigenvalue weighted by Gasteiger charge is -2.13. The Balaban J connectivity index is 2.60. The lowest BCUT2D eigenvalue weighted by atomic mass is 10.3. The first-order chi connectivity index (χ1) is 3.80. The normalized spacial score (nSPS) is 19.6. The van der Waals surface area contributed by atoms with Crippen LogP contribution in [0.1, 0.15) is 6.42 Å². The molecule has 1 aliphatic heterocycles. The predicted octanol–water partition coefficient (Wildman–Crippen LogP) is 1.08. The van der Waals surface area contributed by atoms with Crippen LogP contribution in [0.2, 0.25) is 0 Å². The molecule has 0 unspecified atom stereocenters. The van der Waals surface area contributed by atoms with E-state index in [4.69, 9.17) is 0 Å². The Morgan fingerprint density at radius 3 is 2.88 bits per heavy atom. The summed E-state index contributed by atoms with van der Waals surface area (Å²) in [6.45, 7) is 0.787. The Morgan fingerprint density at radius 2 is 2.50 bits per heavy atom. The summed E-state index contributed by atoms with van der Waals surface area (Å²) in [5.41, 5.74) is 0. The molecule has 1 heterocycles. The molecule has 1 rings (SSSR count). The van der Waals surface area contributed by atoms with Crippen molar-refractivity contribution in [2.24, 2.45) is 0 Å². The van der Waals surface area contributed by atoms with Crippen LogP contribution >= 0.6 is 16.1 Å². The number of nitrogens with zero attached hydrogens (tertiary/aromatic N) is 1. The van der Waals surface area contributed by atoms with Gasteiger partial charge in [-0.25, -0.2) is 0 Å². The van der Waals surface area contributed by atoms with Crippen LogP contribution in [0.5, 0.6) is 0 Å². The van der Waals surface area contributed by atoms with Crippen molar-refractivity contribution >= 4 is 22.1 Å². The zero-order valence-corrected chi connectivity index (χ0v) is 5.89. The zero-order chi connectivity index (χ0) is 5.98. The second-order valence-corrected chi connectivity index (χ2v) is 2.47. The van der Waals surface area contributed by atoms with Crippen molar-refractivity contribution in [2.45, 2.75) is 6.42 Å². The maximum atomic E-state index is 10.6. The molecule has 0 spiro atoms. The summed E-state index contributed by atoms with van der Waals surface area (Å²) in [5.74, 6) is 0.0382. The van der Waals surface area contributed by atoms with Gasteiger partial charge in [0, 0.05) is 12.6 Å². The highest BCUT2D eigenvalue weighted by Crippen LogP contribution is 2.06. The molecule has 1 aliphatic rings. The average molecular weight is 176 g/mol. The molecule has 0 bridgehead atoms. The second-order valence-electron chi connectivity index (χ2n) is 1.62. The lowest BCUT2D eigenvalue weighted by Crippen LogP contribution is -2.22. The Hall–Kier alpha value is -0.310. The quantitative estimate of drug-likeness (QED) is 0.505. The molecule has 0 aromatic heterocycles. The minimum Gasteiger partial charge on any atom is -0.275 e. The third-order valence-electron chi connectivity index (χ3n) is 0.992. The highest BCUT2D eigenvalue weighted by atomic mass is 79.9. The molecule has 0 saturated carbocycles. The van der Waals surface area contributed by atoms with Crippen LogP contribution in [-0.4, -0.2) is 16.4 Å². The average Bonchev–Trinajstić information content (AvgIpc) is 1.77. The first-order valence-corrected chi connectivity index (χ1v) is 3.15. The second kappa shape index (κ2) is 2.31. The van der Waals surface area contributed by atoms with Crippen molar-refractivity contribution in [3.8, 4) is 0 Å². The van der Waals surface area contributed by atoms with Gasteiger partial charge < -0.3 is 0 Å². The standard InChI is InChI=1S/C5H6BrNO/c6-7-4-2-1-3-5(7)8/h1,3H,2,4H2. The molecule has 0 aromatic carbocycles. The van der Waals surface area contributed by atoms with Crippen LogP contribution in [0.15, 0.2) is 12.2 Å². The molecule has 44 valence electrons. The van der Waals surface area contributed by atoms with Crippen molar-refractivity contribution in [1.82, 2.24) is 3.93 Å². The number of carbonyl (C=O) groups is 1. The molecule has 0 saturated heterocycles. The van der Waals surface area contributed by atoms with Gasteiger partial charge in [-0.15, -0.1) is 0 Å². The van der Waals surface area contributed by atoms with Crippen molar-refractivity contribution in [3.05, 3.63) is 12.2 Å². The summed E-state index contributed by atoms with van der Waals surface area (Å²) in [6.07, 6.45) is 4.40. The largest absolute Gasteiger partial charge is 0.275 e. The Kier molecular flexibility index (Phi) is 1.68. The topological polar surface area (TPSA) is 20.3 Å². The van der Waals surface area contributed by atoms with Crippen LogP contribution < -0.4 is 0 Å². The molecule has 0 radical (unpaired) electrons. The van der Waals surface area contributed by atoms with Crippen LogP contribution in [0.25, 0.3) is 0 Å². The number of halogens is 1. The van der Waals surface area contributed by atoms with Crippen molar-refractivity contribution < 1.29 is 4.79 Å². The van der Waals surface area contributed by atoms with Gasteiger partial charge in [-0.1, -0.05) is 6.08 Å². The van der Waals surface area contributed by atoms with Gasteiger partial charge in [-0.2, -0.15) is 0 Å². The van der Waals surface area contributed by atoms with Gasteiger partial charge in [0.2, 0.25) is 0 Å². The molecule has 2 nitrogen and oxygen atoms in total. The molecule has 0 atom stereocenters. The molecular weight excluding hydrogens is 170 g/mol. The first kappa shape index (κ1) is 5.82. The maximum Gasteiger partial charge on any atom is 0.256 e. The van der Waals surface area contributed by atoms with E-state index in [2.05, 4.69) is 16.1 Å². The number of amides is 1. The molecule has 0 N–H and O–H groups in total. The van der Waals surface area contributed by atoms with Crippen LogP contribution in [0.3, 0.4) is 0 Å². The highest BCUT2D eigenvalue weighted by molar-refractivity contribution is 9.07. The van der Waals surface area contributed by atoms with Crippen molar-refractivity contribution in [3.63, 3.8) is 0 Å². The monoisotopic (exact) mass is 175 g/mol. The fourth-order valence-corrected chi connectivity index (χ4v) is 0.886. The fourth-order valence-electron chi connectivity index (χ4n) is 0.563. The summed E-state index contributed by atoms with van der Waals surface area (Å²) in [5, 5.41) is 0. The zero-order valence-electron chi connectivity index (χ0n) is 4.30. The highest BCUT2D eigenvalue weighted by Gasteiger charge is 2.08. The number of hydrogen-bond acceptors (Lipinski definition) is 1. The van der Waals surface area contributed by atoms with Crippen LogP contribution in [-0.2, 0) is 4.79 Å². The van der Waals surface area contributed by atoms with E-state index >= 15 is 0 Å². The number of hydrogen-bond donors (Lipinski definition) is 0. The van der Waals surface area contributed by atoms with Gasteiger partial charge in [0.1, 0.15) is 0 Å². The molecule has 3 heteroatoms. The Morgan fingerprint density at radius 1 is 1.75 bits per heavy atom. The lowest BCUT2D eigenvalue weighted by molar-refractivity contribution is -0.121. The van der Waals surface area contributed by atoms with E-state index in [9.17, 15) is 4.79 Å². The Labute approximate surface area is 56.5 Å². The predicted molar refractivity (Wildman–Crippen MR) is 34.4 cm³/mol. The molecule has 1 amide bonds. The smallest absolute Gasteiger partial charge is 0.256 e. The van der Waals surface area contributed by atoms with Crippen molar-refractivity contribution in [1.29, 1.82) is 0 Å². The van der Waals surface area contributed by atoms with Gasteiger partial charge in [0.05, 0.1) is 16.1 Å². The number of rotatable bonds is 0. The molecule has 0 aromatic rings. The van der Waals surface area contributed by atoms with Gasteiger partial charge in [0.25, 0.3) is 5.91 Å². The summed E-state index contributed by atoms with van der Waals surface area (Å²) in [6, 6.07) is 0. The van der Waals surface area contributed by atoms with E-state index in [-0.39, 0.29) is 5.91 Å². The van der Waals surface area contributed by atoms with E-state index < -0.39 is 0 Å². The van der Waals surface area contributed by atoms with Crippen molar-refractivity contribution in [2.75, 3.05) is 6.54 Å².